The number of ether oxygens (including phenoxy) is 2. The number of hydrogen-bond donors (Lipinski definition) is 10. The molecule has 0 saturated carbocycles. The van der Waals surface area contributed by atoms with Crippen LogP contribution in [0.2, 0.25) is 0 Å². The Labute approximate surface area is 667 Å². The molecule has 0 unspecified atom stereocenters. The van der Waals surface area contributed by atoms with Gasteiger partial charge in [-0.1, -0.05) is 154 Å². The van der Waals surface area contributed by atoms with Crippen LogP contribution in [0.15, 0.2) is 60.9 Å². The number of esters is 2. The van der Waals surface area contributed by atoms with E-state index in [4.69, 9.17) is 42.6 Å². The quantitative estimate of drug-likeness (QED) is 0.0125. The van der Waals surface area contributed by atoms with Gasteiger partial charge in [0.25, 0.3) is 11.8 Å². The van der Waals surface area contributed by atoms with Crippen LogP contribution >= 0.6 is 0 Å². The lowest BCUT2D eigenvalue weighted by atomic mass is 10.0. The number of benzene rings is 2. The minimum Gasteiger partial charge on any atom is -0.481 e. The number of Topliss-reactive ketones (excluding diaryl/α,β-unsaturated/α-hetero) is 2. The van der Waals surface area contributed by atoms with Crippen LogP contribution in [0.25, 0.3) is 22.3 Å². The van der Waals surface area contributed by atoms with Crippen LogP contribution in [0.3, 0.4) is 0 Å². The summed E-state index contributed by atoms with van der Waals surface area (Å²) < 4.78 is 10.6. The van der Waals surface area contributed by atoms with Gasteiger partial charge in [-0.05, 0) is 99.9 Å². The number of aliphatic carboxylic acids is 4. The number of nitrogens with one attached hydrogen (secondary N) is 2. The average Bonchev–Trinajstić information content (AvgIpc) is 0.811. The number of nitrogens with two attached hydrogens (primary N) is 4. The topological polar surface area (TPSA) is 508 Å². The number of ketones is 2. The molecule has 0 spiro atoms. The van der Waals surface area contributed by atoms with Crippen molar-refractivity contribution < 1.29 is 77.8 Å². The lowest BCUT2D eigenvalue weighted by Gasteiger charge is -2.20. The molecule has 4 heterocycles. The standard InChI is InChI=1S/2C41H60N8O8/c1-49(28-30-27-44-39-37(45-30)38(42)47-41(43)48-39)31-22-20-29(21-23-31)40(56)46-32(24-25-35(53)54)33(50)17-16-26-57-36(55)19-15-13-11-9-7-5-3-2-4-6-8-10-12-14-18-34(51)52;1-49(28-30-27-44-38-36(45-30)37(42)47-41(43)48-38)31-22-20-29(21-23-31)39(54)46-33(40(55)56)25-24-32(50)17-16-26-57-35(53)19-15-13-11-9-7-5-3-2-4-6-8-10-12-14-18-34(51)52/h20-23,27,32H,2-19,24-26,28H2,1H3,(H,46,56)(H,51,52)(H,53,54)(H4,42,43,44,47,48);20-23,27,33H,2-19,24-26,28H2,1H3,(H,46,54)(H,51,52)(H,55,56)(H4,42,43,44,47,48)/t32-;33-/m00/s1. The Hall–Kier alpha value is -10.8. The molecule has 0 aliphatic heterocycles. The number of anilines is 6. The third-order valence-corrected chi connectivity index (χ3v) is 19.3. The van der Waals surface area contributed by atoms with Crippen molar-refractivity contribution in [3.05, 3.63) is 83.4 Å². The molecule has 14 N–H and O–H groups in total. The van der Waals surface area contributed by atoms with Crippen LogP contribution in [0.4, 0.5) is 34.9 Å². The van der Waals surface area contributed by atoms with Crippen LogP contribution in [0.5, 0.6) is 0 Å². The zero-order valence-electron chi connectivity index (χ0n) is 66.5. The van der Waals surface area contributed by atoms with E-state index in [0.29, 0.717) is 71.6 Å². The smallest absolute Gasteiger partial charge is 0.326 e. The maximum Gasteiger partial charge on any atom is 0.326 e. The van der Waals surface area contributed by atoms with Gasteiger partial charge in [0.05, 0.1) is 56.1 Å². The molecule has 0 aliphatic rings. The van der Waals surface area contributed by atoms with Crippen LogP contribution in [-0.4, -0.2) is 159 Å². The number of unbranched alkanes of at least 4 members (excludes halogenated alkanes) is 26. The number of nitrogen functional groups attached to an aromatic ring is 4. The molecule has 4 aromatic heterocycles. The number of carbonyl (C=O) groups excluding carboxylic acids is 6. The predicted molar refractivity (Wildman–Crippen MR) is 435 cm³/mol. The molecule has 2 atom stereocenters. The largest absolute Gasteiger partial charge is 0.481 e. The van der Waals surface area contributed by atoms with Crippen LogP contribution in [-0.2, 0) is 60.9 Å². The van der Waals surface area contributed by atoms with Crippen molar-refractivity contribution in [1.82, 2.24) is 50.5 Å². The highest BCUT2D eigenvalue weighted by Gasteiger charge is 2.25. The monoisotopic (exact) mass is 1580 g/mol. The highest BCUT2D eigenvalue weighted by atomic mass is 16.5. The van der Waals surface area contributed by atoms with E-state index in [9.17, 15) is 58.2 Å². The van der Waals surface area contributed by atoms with Gasteiger partial charge < -0.3 is 73.3 Å². The fourth-order valence-corrected chi connectivity index (χ4v) is 12.8. The summed E-state index contributed by atoms with van der Waals surface area (Å²) >= 11 is 0. The zero-order valence-corrected chi connectivity index (χ0v) is 66.5. The zero-order chi connectivity index (χ0) is 82.8. The Kier molecular flexibility index (Phi) is 44.4. The van der Waals surface area contributed by atoms with E-state index in [2.05, 4.69) is 50.5 Å². The molecule has 624 valence electrons. The van der Waals surface area contributed by atoms with Crippen molar-refractivity contribution >= 4 is 116 Å². The first-order valence-electron chi connectivity index (χ1n) is 40.4. The lowest BCUT2D eigenvalue weighted by Crippen LogP contribution is -2.41. The second-order valence-electron chi connectivity index (χ2n) is 29.0. The molecule has 114 heavy (non-hydrogen) atoms. The number of carbonyl (C=O) groups is 10. The van der Waals surface area contributed by atoms with Gasteiger partial charge in [-0.3, -0.25) is 43.2 Å². The lowest BCUT2D eigenvalue weighted by molar-refractivity contribution is -0.145. The molecule has 0 aliphatic carbocycles. The molecule has 2 amide bonds. The van der Waals surface area contributed by atoms with E-state index < -0.39 is 47.8 Å². The first-order chi connectivity index (χ1) is 54.8. The fourth-order valence-electron chi connectivity index (χ4n) is 12.8. The van der Waals surface area contributed by atoms with Crippen molar-refractivity contribution in [2.45, 2.75) is 282 Å². The SMILES string of the molecule is CN(Cc1cnc2nc(N)nc(N)c2n1)c1ccc(C(=O)N[C@@H](CCC(=O)CCCOC(=O)CCCCCCCCCCCCCCCCC(=O)O)C(=O)O)cc1.CN(Cc1cnc2nc(N)nc(N)c2n1)c1ccc(C(=O)N[C@@H](CCC(=O)O)C(=O)CCCOC(=O)CCCCCCCCCCCCCCCCC(=O)O)cc1. The number of hydrogen-bond acceptors (Lipinski definition) is 26. The Morgan fingerprint density at radius 1 is 0.377 bits per heavy atom. The third-order valence-electron chi connectivity index (χ3n) is 19.3. The first kappa shape index (κ1) is 93.8. The molecule has 32 heteroatoms. The average molecular weight is 1590 g/mol. The number of aromatic nitrogens is 8. The molecule has 32 nitrogen and oxygen atoms in total. The summed E-state index contributed by atoms with van der Waals surface area (Å²) in [7, 11) is 3.68. The van der Waals surface area contributed by atoms with Gasteiger partial charge in [0.15, 0.2) is 39.7 Å². The van der Waals surface area contributed by atoms with Crippen molar-refractivity contribution in [1.29, 1.82) is 0 Å². The van der Waals surface area contributed by atoms with Gasteiger partial charge in [-0.25, -0.2) is 24.7 Å². The number of carboxylic acid groups (broad SMARTS) is 4. The third kappa shape index (κ3) is 39.1. The second kappa shape index (κ2) is 54.0. The van der Waals surface area contributed by atoms with Crippen molar-refractivity contribution in [2.24, 2.45) is 0 Å². The minimum absolute atomic E-state index is 0.0111. The van der Waals surface area contributed by atoms with E-state index in [1.807, 2.05) is 23.9 Å². The molecule has 0 saturated heterocycles. The number of fused-ring (bicyclic) bond motifs is 2. The van der Waals surface area contributed by atoms with E-state index in [-0.39, 0.29) is 124 Å². The predicted octanol–water partition coefficient (Wildman–Crippen LogP) is 12.8. The normalized spacial score (nSPS) is 11.6. The molecule has 0 bridgehead atoms. The Balaban J connectivity index is 0.000000407. The maximum atomic E-state index is 13.1. The van der Waals surface area contributed by atoms with E-state index >= 15 is 0 Å². The van der Waals surface area contributed by atoms with Crippen molar-refractivity contribution in [2.75, 3.05) is 60.0 Å². The van der Waals surface area contributed by atoms with Crippen molar-refractivity contribution in [3.63, 3.8) is 0 Å². The number of nitrogens with zero attached hydrogens (tertiary/aromatic N) is 10. The summed E-state index contributed by atoms with van der Waals surface area (Å²) in [5.41, 5.74) is 27.7. The van der Waals surface area contributed by atoms with E-state index in [0.717, 1.165) is 101 Å². The Morgan fingerprint density at radius 3 is 1.05 bits per heavy atom. The van der Waals surface area contributed by atoms with Crippen LogP contribution in [0.1, 0.15) is 289 Å². The van der Waals surface area contributed by atoms with Crippen LogP contribution in [0, 0.1) is 0 Å². The summed E-state index contributed by atoms with van der Waals surface area (Å²) in [6, 6.07) is 11.1. The molecule has 6 rings (SSSR count). The molecule has 6 aromatic rings. The first-order valence-corrected chi connectivity index (χ1v) is 40.4. The highest BCUT2D eigenvalue weighted by molar-refractivity contribution is 5.99. The summed E-state index contributed by atoms with van der Waals surface area (Å²) in [5.74, 6) is -5.61. The number of carboxylic acids is 4. The molecule has 0 radical (unpaired) electrons. The van der Waals surface area contributed by atoms with E-state index in [1.54, 1.807) is 60.9 Å². The second-order valence-corrected chi connectivity index (χ2v) is 29.0. The van der Waals surface area contributed by atoms with Gasteiger partial charge >= 0.3 is 35.8 Å². The molecular formula is C82H120N16O16. The molecule has 2 aromatic carbocycles. The van der Waals surface area contributed by atoms with Crippen LogP contribution < -0.4 is 43.4 Å². The molecular weight excluding hydrogens is 1460 g/mol. The highest BCUT2D eigenvalue weighted by Crippen LogP contribution is 2.24. The fraction of sp³-hybridized carbons (Fsp3) is 0.585. The van der Waals surface area contributed by atoms with Gasteiger partial charge in [0.2, 0.25) is 11.9 Å². The van der Waals surface area contributed by atoms with Gasteiger partial charge in [0, 0.05) is 88.0 Å². The number of amides is 2. The maximum absolute atomic E-state index is 13.1. The minimum atomic E-state index is -1.25. The van der Waals surface area contributed by atoms with Gasteiger partial charge in [-0.15, -0.1) is 0 Å². The Bertz CT molecular complexity index is 3990. The summed E-state index contributed by atoms with van der Waals surface area (Å²) in [4.78, 5) is 157. The Morgan fingerprint density at radius 2 is 0.702 bits per heavy atom. The summed E-state index contributed by atoms with van der Waals surface area (Å²) in [5, 5.41) is 41.4. The van der Waals surface area contributed by atoms with Gasteiger partial charge in [-0.2, -0.15) is 19.9 Å². The van der Waals surface area contributed by atoms with Gasteiger partial charge in [0.1, 0.15) is 11.8 Å². The summed E-state index contributed by atoms with van der Waals surface area (Å²) in [6.07, 6.45) is 35.6. The number of rotatable bonds is 60. The molecule has 0 fully saturated rings. The van der Waals surface area contributed by atoms with E-state index in [1.165, 1.54) is 89.9 Å². The summed E-state index contributed by atoms with van der Waals surface area (Å²) in [6.45, 7) is 0.935. The van der Waals surface area contributed by atoms with Crippen molar-refractivity contribution in [3.8, 4) is 0 Å².